The molecule has 1 aromatic rings. The van der Waals surface area contributed by atoms with E-state index in [1.54, 1.807) is 0 Å². The lowest BCUT2D eigenvalue weighted by Crippen LogP contribution is -2.27. The molecule has 0 bridgehead atoms. The SMILES string of the molecule is COP(=O)(OC)C1CP(=O)(c2ccccc2)CC(C)=C1Cl. The zero-order valence-electron chi connectivity index (χ0n) is 12.3. The first kappa shape index (κ1) is 17.0. The summed E-state index contributed by atoms with van der Waals surface area (Å²) < 4.78 is 36.2. The van der Waals surface area contributed by atoms with Gasteiger partial charge in [0.05, 0.1) is 0 Å². The lowest BCUT2D eigenvalue weighted by atomic mass is 10.2. The van der Waals surface area contributed by atoms with Crippen LogP contribution in [0.1, 0.15) is 6.92 Å². The van der Waals surface area contributed by atoms with Crippen LogP contribution in [-0.2, 0) is 18.2 Å². The first-order valence-corrected chi connectivity index (χ1v) is 10.6. The minimum atomic E-state index is -3.41. The summed E-state index contributed by atoms with van der Waals surface area (Å²) in [5, 5.41) is 1.22. The summed E-state index contributed by atoms with van der Waals surface area (Å²) in [6, 6.07) is 9.27. The van der Waals surface area contributed by atoms with Crippen LogP contribution >= 0.6 is 26.3 Å². The van der Waals surface area contributed by atoms with E-state index in [4.69, 9.17) is 20.6 Å². The van der Waals surface area contributed by atoms with Crippen molar-refractivity contribution in [2.75, 3.05) is 26.5 Å². The molecular weight excluding hydrogens is 330 g/mol. The van der Waals surface area contributed by atoms with Crippen LogP contribution in [0.3, 0.4) is 0 Å². The fourth-order valence-electron chi connectivity index (χ4n) is 2.63. The largest absolute Gasteiger partial charge is 0.338 e. The molecule has 2 unspecified atom stereocenters. The van der Waals surface area contributed by atoms with Crippen molar-refractivity contribution < 1.29 is 18.2 Å². The molecule has 0 saturated carbocycles. The molecule has 116 valence electrons. The molecule has 0 aromatic heterocycles. The predicted octanol–water partition coefficient (Wildman–Crippen LogP) is 4.06. The molecule has 0 amide bonds. The molecule has 1 heterocycles. The second kappa shape index (κ2) is 6.40. The normalized spacial score (nSPS) is 27.0. The summed E-state index contributed by atoms with van der Waals surface area (Å²) in [6.45, 7) is 1.82. The van der Waals surface area contributed by atoms with Gasteiger partial charge in [0.25, 0.3) is 0 Å². The molecule has 0 radical (unpaired) electrons. The summed E-state index contributed by atoms with van der Waals surface area (Å²) >= 11 is 6.32. The summed E-state index contributed by atoms with van der Waals surface area (Å²) in [5.74, 6) is 0. The number of rotatable bonds is 4. The summed E-state index contributed by atoms with van der Waals surface area (Å²) in [6.07, 6.45) is 0.603. The summed E-state index contributed by atoms with van der Waals surface area (Å²) in [4.78, 5) is 0. The Balaban J connectivity index is 2.49. The summed E-state index contributed by atoms with van der Waals surface area (Å²) in [7, 11) is -3.47. The topological polar surface area (TPSA) is 52.6 Å². The Kier molecular flexibility index (Phi) is 5.18. The maximum Gasteiger partial charge on any atom is 0.338 e. The Labute approximate surface area is 130 Å². The van der Waals surface area contributed by atoms with Crippen LogP contribution in [0.2, 0.25) is 0 Å². The smallest absolute Gasteiger partial charge is 0.318 e. The third kappa shape index (κ3) is 3.21. The number of halogens is 1. The highest BCUT2D eigenvalue weighted by molar-refractivity contribution is 7.73. The van der Waals surface area contributed by atoms with Gasteiger partial charge in [-0.15, -0.1) is 0 Å². The van der Waals surface area contributed by atoms with Crippen LogP contribution in [0.15, 0.2) is 40.9 Å². The second-order valence-corrected chi connectivity index (χ2v) is 10.9. The van der Waals surface area contributed by atoms with E-state index in [1.807, 2.05) is 37.3 Å². The van der Waals surface area contributed by atoms with Gasteiger partial charge in [-0.3, -0.25) is 4.57 Å². The van der Waals surface area contributed by atoms with Gasteiger partial charge in [-0.25, -0.2) is 0 Å². The van der Waals surface area contributed by atoms with E-state index in [-0.39, 0.29) is 6.16 Å². The van der Waals surface area contributed by atoms with E-state index in [0.717, 1.165) is 10.9 Å². The number of hydrogen-bond acceptors (Lipinski definition) is 4. The third-order valence-electron chi connectivity index (χ3n) is 3.78. The fraction of sp³-hybridized carbons (Fsp3) is 0.429. The lowest BCUT2D eigenvalue weighted by molar-refractivity contribution is 0.271. The first-order valence-electron chi connectivity index (χ1n) is 6.56. The lowest BCUT2D eigenvalue weighted by Gasteiger charge is -2.33. The van der Waals surface area contributed by atoms with Gasteiger partial charge in [0.1, 0.15) is 12.8 Å². The van der Waals surface area contributed by atoms with Crippen molar-refractivity contribution >= 4 is 31.6 Å². The number of allylic oxidation sites excluding steroid dienone is 2. The number of hydrogen-bond donors (Lipinski definition) is 0. The average molecular weight is 349 g/mol. The van der Waals surface area contributed by atoms with Crippen LogP contribution in [0.25, 0.3) is 0 Å². The van der Waals surface area contributed by atoms with Crippen LogP contribution in [0.4, 0.5) is 0 Å². The van der Waals surface area contributed by atoms with Crippen LogP contribution in [-0.4, -0.2) is 32.2 Å². The van der Waals surface area contributed by atoms with Gasteiger partial charge in [-0.1, -0.05) is 47.5 Å². The zero-order valence-corrected chi connectivity index (χ0v) is 14.8. The Morgan fingerprint density at radius 1 is 1.24 bits per heavy atom. The minimum Gasteiger partial charge on any atom is -0.318 e. The van der Waals surface area contributed by atoms with Crippen molar-refractivity contribution in [2.45, 2.75) is 12.6 Å². The van der Waals surface area contributed by atoms with Crippen molar-refractivity contribution in [3.63, 3.8) is 0 Å². The van der Waals surface area contributed by atoms with E-state index in [0.29, 0.717) is 11.2 Å². The fourth-order valence-corrected chi connectivity index (χ4v) is 9.00. The highest BCUT2D eigenvalue weighted by Gasteiger charge is 2.46. The van der Waals surface area contributed by atoms with Gasteiger partial charge in [0.15, 0.2) is 0 Å². The molecule has 0 aliphatic carbocycles. The van der Waals surface area contributed by atoms with Crippen molar-refractivity contribution in [3.8, 4) is 0 Å². The van der Waals surface area contributed by atoms with Gasteiger partial charge < -0.3 is 13.6 Å². The van der Waals surface area contributed by atoms with Gasteiger partial charge in [-0.2, -0.15) is 0 Å². The van der Waals surface area contributed by atoms with Crippen LogP contribution < -0.4 is 5.30 Å². The highest BCUT2D eigenvalue weighted by Crippen LogP contribution is 2.63. The Hall–Kier alpha value is -0.370. The summed E-state index contributed by atoms with van der Waals surface area (Å²) in [5.41, 5.74) is 0.114. The minimum absolute atomic E-state index is 0.201. The van der Waals surface area contributed by atoms with Gasteiger partial charge >= 0.3 is 7.60 Å². The first-order chi connectivity index (χ1) is 9.86. The molecular formula is C14H19ClO4P2. The monoisotopic (exact) mass is 348 g/mol. The molecule has 0 spiro atoms. The maximum absolute atomic E-state index is 13.4. The van der Waals surface area contributed by atoms with E-state index in [1.165, 1.54) is 14.2 Å². The highest BCUT2D eigenvalue weighted by atomic mass is 35.5. The van der Waals surface area contributed by atoms with Gasteiger partial charge in [-0.05, 0) is 6.92 Å². The molecule has 2 atom stereocenters. The van der Waals surface area contributed by atoms with Crippen molar-refractivity contribution in [1.29, 1.82) is 0 Å². The van der Waals surface area contributed by atoms with E-state index >= 15 is 0 Å². The molecule has 2 rings (SSSR count). The molecule has 7 heteroatoms. The molecule has 0 fully saturated rings. The van der Waals surface area contributed by atoms with E-state index < -0.39 is 20.4 Å². The van der Waals surface area contributed by atoms with Crippen LogP contribution in [0, 0.1) is 0 Å². The molecule has 0 saturated heterocycles. The quantitative estimate of drug-likeness (QED) is 0.770. The molecule has 1 aliphatic rings. The number of benzene rings is 1. The van der Waals surface area contributed by atoms with Crippen molar-refractivity contribution in [1.82, 2.24) is 0 Å². The third-order valence-corrected chi connectivity index (χ3v) is 10.2. The molecule has 4 nitrogen and oxygen atoms in total. The van der Waals surface area contributed by atoms with Crippen LogP contribution in [0.5, 0.6) is 0 Å². The van der Waals surface area contributed by atoms with Crippen molar-refractivity contribution in [3.05, 3.63) is 40.9 Å². The standard InChI is InChI=1S/C14H19ClO4P2/c1-11-9-20(16,12-7-5-4-6-8-12)10-13(14(11)15)21(17,18-2)19-3/h4-8,13H,9-10H2,1-3H3. The van der Waals surface area contributed by atoms with Gasteiger partial charge in [0.2, 0.25) is 0 Å². The van der Waals surface area contributed by atoms with Crippen molar-refractivity contribution in [2.24, 2.45) is 0 Å². The van der Waals surface area contributed by atoms with E-state index in [2.05, 4.69) is 0 Å². The molecule has 21 heavy (non-hydrogen) atoms. The Morgan fingerprint density at radius 2 is 1.81 bits per heavy atom. The second-order valence-electron chi connectivity index (χ2n) is 5.11. The Morgan fingerprint density at radius 3 is 2.33 bits per heavy atom. The zero-order chi connectivity index (χ0) is 15.7. The predicted molar refractivity (Wildman–Crippen MR) is 87.4 cm³/mol. The molecule has 1 aromatic carbocycles. The molecule has 1 aliphatic heterocycles. The molecule has 0 N–H and O–H groups in total. The van der Waals surface area contributed by atoms with E-state index in [9.17, 15) is 9.13 Å². The Bertz CT molecular complexity index is 634. The average Bonchev–Trinajstić information content (AvgIpc) is 2.51. The van der Waals surface area contributed by atoms with Gasteiger partial charge in [0, 0.05) is 36.9 Å². The maximum atomic E-state index is 13.4.